The highest BCUT2D eigenvalue weighted by Crippen LogP contribution is 2.33. The Bertz CT molecular complexity index is 1510. The van der Waals surface area contributed by atoms with Gasteiger partial charge in [-0.3, -0.25) is 4.79 Å². The maximum Gasteiger partial charge on any atom is 0.252 e. The number of benzene rings is 2. The highest BCUT2D eigenvalue weighted by molar-refractivity contribution is 7.91. The summed E-state index contributed by atoms with van der Waals surface area (Å²) in [5.41, 5.74) is 1.41. The lowest BCUT2D eigenvalue weighted by molar-refractivity contribution is 0.0991. The van der Waals surface area contributed by atoms with Gasteiger partial charge in [0, 0.05) is 21.8 Å². The maximum atomic E-state index is 14.0. The van der Waals surface area contributed by atoms with Gasteiger partial charge in [0.1, 0.15) is 12.4 Å². The van der Waals surface area contributed by atoms with Gasteiger partial charge in [0.15, 0.2) is 5.03 Å². The molecule has 7 nitrogen and oxygen atoms in total. The van der Waals surface area contributed by atoms with E-state index in [0.717, 1.165) is 5.56 Å². The molecule has 0 amide bonds. The van der Waals surface area contributed by atoms with Crippen molar-refractivity contribution in [2.75, 3.05) is 0 Å². The van der Waals surface area contributed by atoms with Gasteiger partial charge in [-0.25, -0.2) is 13.4 Å². The smallest absolute Gasteiger partial charge is 0.252 e. The quantitative estimate of drug-likeness (QED) is 0.295. The lowest BCUT2D eigenvalue weighted by Crippen LogP contribution is -2.20. The average molecular weight is 546 g/mol. The van der Waals surface area contributed by atoms with Gasteiger partial charge in [0.25, 0.3) is 5.56 Å². The molecule has 10 heteroatoms. The van der Waals surface area contributed by atoms with E-state index >= 15 is 0 Å². The first kappa shape index (κ1) is 26.2. The predicted molar refractivity (Wildman–Crippen MR) is 139 cm³/mol. The molecule has 0 bridgehead atoms. The summed E-state index contributed by atoms with van der Waals surface area (Å²) in [6.07, 6.45) is 1.52. The van der Waals surface area contributed by atoms with Crippen LogP contribution in [0, 0.1) is 0 Å². The lowest BCUT2D eigenvalue weighted by atomic mass is 10.1. The van der Waals surface area contributed by atoms with Gasteiger partial charge in [0.2, 0.25) is 9.84 Å². The van der Waals surface area contributed by atoms with Crippen LogP contribution < -0.4 is 5.56 Å². The molecule has 0 aliphatic rings. The largest absolute Gasteiger partial charge is 0.369 e. The van der Waals surface area contributed by atoms with Crippen LogP contribution in [0.1, 0.15) is 42.4 Å². The summed E-state index contributed by atoms with van der Waals surface area (Å²) in [7, 11) is -4.12. The van der Waals surface area contributed by atoms with E-state index < -0.39 is 9.84 Å². The monoisotopic (exact) mass is 545 g/mol. The Balaban J connectivity index is 1.84. The van der Waals surface area contributed by atoms with Crippen molar-refractivity contribution in [3.8, 4) is 0 Å². The van der Waals surface area contributed by atoms with Gasteiger partial charge >= 0.3 is 0 Å². The molecular formula is C26H25Cl2N3O4S. The fourth-order valence-corrected chi connectivity index (χ4v) is 6.28. The van der Waals surface area contributed by atoms with E-state index in [4.69, 9.17) is 27.9 Å². The zero-order valence-corrected chi connectivity index (χ0v) is 22.1. The summed E-state index contributed by atoms with van der Waals surface area (Å²) in [5.74, 6) is 0.164. The zero-order valence-electron chi connectivity index (χ0n) is 19.7. The van der Waals surface area contributed by atoms with E-state index in [9.17, 15) is 13.2 Å². The van der Waals surface area contributed by atoms with Crippen molar-refractivity contribution < 1.29 is 13.2 Å². The highest BCUT2D eigenvalue weighted by Gasteiger charge is 2.32. The van der Waals surface area contributed by atoms with Crippen LogP contribution in [-0.2, 0) is 34.3 Å². The molecule has 36 heavy (non-hydrogen) atoms. The van der Waals surface area contributed by atoms with Gasteiger partial charge in [-0.2, -0.15) is 0 Å². The summed E-state index contributed by atoms with van der Waals surface area (Å²) in [6.45, 7) is 4.08. The number of pyridine rings is 1. The van der Waals surface area contributed by atoms with Crippen molar-refractivity contribution in [1.29, 1.82) is 0 Å². The van der Waals surface area contributed by atoms with Gasteiger partial charge in [-0.1, -0.05) is 73.4 Å². The standard InChI is InChI=1S/C26H25Cl2N3O4S/c1-17(2)24-26(36(33,34)22-12-20(27)11-21(28)13-22)31(14-19-9-6-10-29-25(19)32)23(30-24)16-35-15-18-7-4-3-5-8-18/h3-13,17H,14-16H2,1-2H3,(H,29,32). The van der Waals surface area contributed by atoms with E-state index in [2.05, 4.69) is 9.97 Å². The number of nitrogens with zero attached hydrogens (tertiary/aromatic N) is 2. The molecule has 0 spiro atoms. The van der Waals surface area contributed by atoms with Gasteiger partial charge in [-0.15, -0.1) is 0 Å². The molecule has 4 aromatic rings. The highest BCUT2D eigenvalue weighted by atomic mass is 35.5. The molecule has 0 radical (unpaired) electrons. The minimum absolute atomic E-state index is 0.0111. The first-order valence-corrected chi connectivity index (χ1v) is 13.5. The Morgan fingerprint density at radius 1 is 1.00 bits per heavy atom. The molecule has 0 atom stereocenters. The number of sulfone groups is 1. The molecule has 1 N–H and O–H groups in total. The zero-order chi connectivity index (χ0) is 25.9. The van der Waals surface area contributed by atoms with Crippen molar-refractivity contribution in [3.05, 3.63) is 110 Å². The van der Waals surface area contributed by atoms with Gasteiger partial charge in [-0.05, 0) is 35.7 Å². The van der Waals surface area contributed by atoms with Crippen LogP contribution in [0.25, 0.3) is 0 Å². The number of imidazole rings is 1. The Morgan fingerprint density at radius 2 is 1.69 bits per heavy atom. The summed E-state index contributed by atoms with van der Waals surface area (Å²) in [4.78, 5) is 19.8. The fourth-order valence-electron chi connectivity index (χ4n) is 3.82. The number of hydrogen-bond acceptors (Lipinski definition) is 5. The topological polar surface area (TPSA) is 94.1 Å². The fraction of sp³-hybridized carbons (Fsp3) is 0.231. The van der Waals surface area contributed by atoms with Crippen LogP contribution in [0.2, 0.25) is 10.0 Å². The van der Waals surface area contributed by atoms with Crippen molar-refractivity contribution in [2.45, 2.75) is 49.4 Å². The molecule has 0 aliphatic carbocycles. The molecule has 188 valence electrons. The third kappa shape index (κ3) is 5.73. The summed E-state index contributed by atoms with van der Waals surface area (Å²) in [5, 5.41) is 0.380. The molecule has 0 unspecified atom stereocenters. The Hall–Kier alpha value is -2.91. The number of aromatic amines is 1. The molecule has 0 saturated heterocycles. The van der Waals surface area contributed by atoms with Crippen LogP contribution in [0.4, 0.5) is 0 Å². The SMILES string of the molecule is CC(C)c1nc(COCc2ccccc2)n(Cc2ccc[nH]c2=O)c1S(=O)(=O)c1cc(Cl)cc(Cl)c1. The van der Waals surface area contributed by atoms with Crippen LogP contribution in [0.3, 0.4) is 0 Å². The number of H-pyrrole nitrogens is 1. The molecule has 2 aromatic carbocycles. The Kier molecular flexibility index (Phi) is 8.00. The molecule has 0 aliphatic heterocycles. The van der Waals surface area contributed by atoms with E-state index in [-0.39, 0.29) is 44.6 Å². The number of hydrogen-bond donors (Lipinski definition) is 1. The third-order valence-corrected chi connectivity index (χ3v) is 7.78. The third-order valence-electron chi connectivity index (χ3n) is 5.54. The van der Waals surface area contributed by atoms with E-state index in [1.54, 1.807) is 12.1 Å². The van der Waals surface area contributed by atoms with Crippen LogP contribution in [0.5, 0.6) is 0 Å². The van der Waals surface area contributed by atoms with Crippen LogP contribution >= 0.6 is 23.2 Å². The van der Waals surface area contributed by atoms with Crippen molar-refractivity contribution in [1.82, 2.24) is 14.5 Å². The second-order valence-electron chi connectivity index (χ2n) is 8.57. The van der Waals surface area contributed by atoms with Crippen molar-refractivity contribution >= 4 is 33.0 Å². The van der Waals surface area contributed by atoms with Gasteiger partial charge in [0.05, 0.1) is 23.7 Å². The minimum atomic E-state index is -4.12. The predicted octanol–water partition coefficient (Wildman–Crippen LogP) is 5.60. The average Bonchev–Trinajstić information content (AvgIpc) is 3.20. The number of aromatic nitrogens is 3. The van der Waals surface area contributed by atoms with Crippen LogP contribution in [-0.4, -0.2) is 23.0 Å². The maximum absolute atomic E-state index is 14.0. The molecule has 0 fully saturated rings. The number of ether oxygens (including phenoxy) is 1. The molecular weight excluding hydrogens is 521 g/mol. The molecule has 0 saturated carbocycles. The normalized spacial score (nSPS) is 11.8. The van der Waals surface area contributed by atoms with Crippen molar-refractivity contribution in [3.63, 3.8) is 0 Å². The lowest BCUT2D eigenvalue weighted by Gasteiger charge is -2.15. The minimum Gasteiger partial charge on any atom is -0.369 e. The number of nitrogens with one attached hydrogen (secondary N) is 1. The van der Waals surface area contributed by atoms with E-state index in [0.29, 0.717) is 23.7 Å². The number of halogens is 2. The number of rotatable bonds is 9. The summed E-state index contributed by atoms with van der Waals surface area (Å²) < 4.78 is 35.4. The van der Waals surface area contributed by atoms with Gasteiger partial charge < -0.3 is 14.3 Å². The second kappa shape index (κ2) is 11.0. The first-order chi connectivity index (χ1) is 17.2. The van der Waals surface area contributed by atoms with E-state index in [1.807, 2.05) is 44.2 Å². The van der Waals surface area contributed by atoms with Crippen molar-refractivity contribution in [2.24, 2.45) is 0 Å². The van der Waals surface area contributed by atoms with E-state index in [1.165, 1.54) is 29.0 Å². The molecule has 2 aromatic heterocycles. The summed E-state index contributed by atoms with van der Waals surface area (Å²) >= 11 is 12.3. The Labute approximate surface area is 219 Å². The second-order valence-corrected chi connectivity index (χ2v) is 11.3. The Morgan fingerprint density at radius 3 is 2.33 bits per heavy atom. The van der Waals surface area contributed by atoms with Crippen LogP contribution in [0.15, 0.2) is 81.6 Å². The molecule has 2 heterocycles. The first-order valence-electron chi connectivity index (χ1n) is 11.3. The molecule has 4 rings (SSSR count). The summed E-state index contributed by atoms with van der Waals surface area (Å²) in [6, 6.07) is 17.1.